The molecule has 1 heterocycles. The summed E-state index contributed by atoms with van der Waals surface area (Å²) in [4.78, 5) is 8.42. The van der Waals surface area contributed by atoms with Gasteiger partial charge in [0.05, 0.1) is 6.61 Å². The number of nitrogens with one attached hydrogen (secondary N) is 1. The van der Waals surface area contributed by atoms with Crippen LogP contribution in [0.25, 0.3) is 0 Å². The monoisotopic (exact) mass is 257 g/mol. The predicted octanol–water partition coefficient (Wildman–Crippen LogP) is 2.84. The summed E-state index contributed by atoms with van der Waals surface area (Å²) < 4.78 is 5.71. The van der Waals surface area contributed by atoms with E-state index in [2.05, 4.69) is 39.6 Å². The van der Waals surface area contributed by atoms with Gasteiger partial charge in [0.1, 0.15) is 0 Å². The Kier molecular flexibility index (Phi) is 4.72. The molecule has 0 aliphatic rings. The fourth-order valence-corrected chi connectivity index (χ4v) is 1.78. The first-order valence-corrected chi connectivity index (χ1v) is 6.47. The molecule has 0 aliphatic heterocycles. The molecule has 2 aromatic rings. The summed E-state index contributed by atoms with van der Waals surface area (Å²) in [7, 11) is 1.80. The van der Waals surface area contributed by atoms with E-state index in [0.717, 1.165) is 18.4 Å². The Balaban J connectivity index is 1.82. The first-order valence-electron chi connectivity index (χ1n) is 6.47. The van der Waals surface area contributed by atoms with Gasteiger partial charge in [-0.05, 0) is 25.3 Å². The van der Waals surface area contributed by atoms with Gasteiger partial charge in [-0.15, -0.1) is 0 Å². The molecule has 4 nitrogen and oxygen atoms in total. The van der Waals surface area contributed by atoms with E-state index >= 15 is 0 Å². The Hall–Kier alpha value is -2.10. The second-order valence-electron chi connectivity index (χ2n) is 4.37. The molecule has 0 spiro atoms. The number of ether oxygens (including phenoxy) is 1. The summed E-state index contributed by atoms with van der Waals surface area (Å²) in [5.74, 6) is 1.25. The lowest BCUT2D eigenvalue weighted by Gasteiger charge is -2.09. The van der Waals surface area contributed by atoms with Crippen molar-refractivity contribution in [1.82, 2.24) is 9.97 Å². The minimum Gasteiger partial charge on any atom is -0.477 e. The van der Waals surface area contributed by atoms with Crippen LogP contribution >= 0.6 is 0 Å². The minimum absolute atomic E-state index is 0.587. The summed E-state index contributed by atoms with van der Waals surface area (Å²) >= 11 is 0. The first kappa shape index (κ1) is 13.3. The van der Waals surface area contributed by atoms with E-state index in [-0.39, 0.29) is 0 Å². The molecule has 1 N–H and O–H groups in total. The Bertz CT molecular complexity index is 514. The molecule has 0 aliphatic carbocycles. The van der Waals surface area contributed by atoms with Crippen molar-refractivity contribution in [3.63, 3.8) is 0 Å². The van der Waals surface area contributed by atoms with Crippen LogP contribution in [0.3, 0.4) is 0 Å². The number of anilines is 1. The van der Waals surface area contributed by atoms with E-state index in [1.165, 1.54) is 5.56 Å². The molecule has 0 radical (unpaired) electrons. The fourth-order valence-electron chi connectivity index (χ4n) is 1.78. The van der Waals surface area contributed by atoms with Gasteiger partial charge in [0.15, 0.2) is 0 Å². The molecule has 0 atom stereocenters. The molecule has 0 saturated heterocycles. The molecule has 0 unspecified atom stereocenters. The van der Waals surface area contributed by atoms with Gasteiger partial charge >= 0.3 is 0 Å². The SMILES string of the molecule is CNc1ncc(C)c(OCCCc2ccccc2)n1. The fraction of sp³-hybridized carbons (Fsp3) is 0.333. The van der Waals surface area contributed by atoms with E-state index in [9.17, 15) is 0 Å². The molecule has 0 fully saturated rings. The van der Waals surface area contributed by atoms with Crippen molar-refractivity contribution in [2.75, 3.05) is 19.0 Å². The van der Waals surface area contributed by atoms with Crippen molar-refractivity contribution in [1.29, 1.82) is 0 Å². The summed E-state index contributed by atoms with van der Waals surface area (Å²) in [6.45, 7) is 2.61. The second kappa shape index (κ2) is 6.73. The Labute approximate surface area is 113 Å². The maximum atomic E-state index is 5.71. The van der Waals surface area contributed by atoms with Crippen molar-refractivity contribution < 1.29 is 4.74 Å². The van der Waals surface area contributed by atoms with Crippen LogP contribution in [0.2, 0.25) is 0 Å². The first-order chi connectivity index (χ1) is 9.29. The van der Waals surface area contributed by atoms with Crippen LogP contribution in [0.5, 0.6) is 5.88 Å². The minimum atomic E-state index is 0.587. The van der Waals surface area contributed by atoms with Crippen molar-refractivity contribution >= 4 is 5.95 Å². The zero-order valence-corrected chi connectivity index (χ0v) is 11.4. The maximum absolute atomic E-state index is 5.71. The zero-order chi connectivity index (χ0) is 13.5. The number of aromatic nitrogens is 2. The summed E-state index contributed by atoms with van der Waals surface area (Å²) in [6.07, 6.45) is 3.76. The number of aryl methyl sites for hydroxylation is 2. The average molecular weight is 257 g/mol. The Morgan fingerprint density at radius 1 is 1.21 bits per heavy atom. The average Bonchev–Trinajstić information content (AvgIpc) is 2.46. The van der Waals surface area contributed by atoms with Gasteiger partial charge in [0.25, 0.3) is 0 Å². The van der Waals surface area contributed by atoms with Crippen LogP contribution in [0.1, 0.15) is 17.5 Å². The highest BCUT2D eigenvalue weighted by atomic mass is 16.5. The van der Waals surface area contributed by atoms with E-state index in [4.69, 9.17) is 4.74 Å². The van der Waals surface area contributed by atoms with E-state index in [0.29, 0.717) is 18.4 Å². The molecule has 1 aromatic heterocycles. The van der Waals surface area contributed by atoms with Crippen LogP contribution in [0.15, 0.2) is 36.5 Å². The molecular weight excluding hydrogens is 238 g/mol. The van der Waals surface area contributed by atoms with Gasteiger partial charge < -0.3 is 10.1 Å². The molecule has 100 valence electrons. The highest BCUT2D eigenvalue weighted by Gasteiger charge is 2.03. The molecule has 19 heavy (non-hydrogen) atoms. The third-order valence-corrected chi connectivity index (χ3v) is 2.84. The van der Waals surface area contributed by atoms with Crippen molar-refractivity contribution in [3.8, 4) is 5.88 Å². The van der Waals surface area contributed by atoms with E-state index < -0.39 is 0 Å². The predicted molar refractivity (Wildman–Crippen MR) is 76.6 cm³/mol. The topological polar surface area (TPSA) is 47.0 Å². The number of nitrogens with zero attached hydrogens (tertiary/aromatic N) is 2. The van der Waals surface area contributed by atoms with Gasteiger partial charge in [-0.3, -0.25) is 0 Å². The van der Waals surface area contributed by atoms with Gasteiger partial charge in [0.2, 0.25) is 11.8 Å². The zero-order valence-electron chi connectivity index (χ0n) is 11.4. The molecular formula is C15H19N3O. The van der Waals surface area contributed by atoms with Gasteiger partial charge in [-0.2, -0.15) is 4.98 Å². The number of benzene rings is 1. The van der Waals surface area contributed by atoms with E-state index in [1.807, 2.05) is 13.0 Å². The number of hydrogen-bond acceptors (Lipinski definition) is 4. The second-order valence-corrected chi connectivity index (χ2v) is 4.37. The molecule has 0 bridgehead atoms. The van der Waals surface area contributed by atoms with Gasteiger partial charge in [-0.25, -0.2) is 4.98 Å². The third kappa shape index (κ3) is 3.95. The van der Waals surface area contributed by atoms with Crippen molar-refractivity contribution in [2.45, 2.75) is 19.8 Å². The highest BCUT2D eigenvalue weighted by Crippen LogP contribution is 2.15. The van der Waals surface area contributed by atoms with Crippen molar-refractivity contribution in [2.24, 2.45) is 0 Å². The molecule has 0 amide bonds. The Morgan fingerprint density at radius 2 is 2.00 bits per heavy atom. The van der Waals surface area contributed by atoms with Gasteiger partial charge in [0, 0.05) is 18.8 Å². The maximum Gasteiger partial charge on any atom is 0.225 e. The smallest absolute Gasteiger partial charge is 0.225 e. The third-order valence-electron chi connectivity index (χ3n) is 2.84. The van der Waals surface area contributed by atoms with Crippen LogP contribution in [-0.2, 0) is 6.42 Å². The highest BCUT2D eigenvalue weighted by molar-refractivity contribution is 5.31. The lowest BCUT2D eigenvalue weighted by Crippen LogP contribution is -2.05. The summed E-state index contributed by atoms with van der Waals surface area (Å²) in [5.41, 5.74) is 2.29. The van der Waals surface area contributed by atoms with E-state index in [1.54, 1.807) is 13.2 Å². The number of hydrogen-bond donors (Lipinski definition) is 1. The number of rotatable bonds is 6. The molecule has 2 rings (SSSR count). The largest absolute Gasteiger partial charge is 0.477 e. The van der Waals surface area contributed by atoms with Crippen LogP contribution in [0, 0.1) is 6.92 Å². The normalized spacial score (nSPS) is 10.2. The molecule has 4 heteroatoms. The molecule has 0 saturated carbocycles. The molecule has 1 aromatic carbocycles. The van der Waals surface area contributed by atoms with Gasteiger partial charge in [-0.1, -0.05) is 30.3 Å². The summed E-state index contributed by atoms with van der Waals surface area (Å²) in [6, 6.07) is 10.4. The lowest BCUT2D eigenvalue weighted by molar-refractivity contribution is 0.297. The Morgan fingerprint density at radius 3 is 2.74 bits per heavy atom. The van der Waals surface area contributed by atoms with Crippen LogP contribution in [0.4, 0.5) is 5.95 Å². The quantitative estimate of drug-likeness (QED) is 0.808. The summed E-state index contributed by atoms with van der Waals surface area (Å²) in [5, 5.41) is 2.91. The van der Waals surface area contributed by atoms with Crippen LogP contribution in [-0.4, -0.2) is 23.6 Å². The van der Waals surface area contributed by atoms with Crippen LogP contribution < -0.4 is 10.1 Å². The standard InChI is InChI=1S/C15H19N3O/c1-12-11-17-15(16-2)18-14(12)19-10-6-9-13-7-4-3-5-8-13/h3-5,7-8,11H,6,9-10H2,1-2H3,(H,16,17,18). The van der Waals surface area contributed by atoms with Crippen molar-refractivity contribution in [3.05, 3.63) is 47.7 Å². The lowest BCUT2D eigenvalue weighted by atomic mass is 10.1.